The highest BCUT2D eigenvalue weighted by Crippen LogP contribution is 2.09. The number of aryl methyl sites for hydroxylation is 3. The minimum Gasteiger partial charge on any atom is -0.303 e. The van der Waals surface area contributed by atoms with Crippen LogP contribution in [0.15, 0.2) is 40.1 Å². The molecule has 1 aromatic heterocycles. The van der Waals surface area contributed by atoms with E-state index in [9.17, 15) is 9.59 Å². The third kappa shape index (κ3) is 2.27. The second-order valence-corrected chi connectivity index (χ2v) is 4.55. The lowest BCUT2D eigenvalue weighted by atomic mass is 10.1. The van der Waals surface area contributed by atoms with Crippen LogP contribution in [-0.2, 0) is 13.6 Å². The Morgan fingerprint density at radius 2 is 1.78 bits per heavy atom. The summed E-state index contributed by atoms with van der Waals surface area (Å²) in [6, 6.07) is 7.36. The maximum atomic E-state index is 11.9. The average Bonchev–Trinajstić information content (AvgIpc) is 2.34. The molecule has 0 bridgehead atoms. The van der Waals surface area contributed by atoms with E-state index in [1.54, 1.807) is 7.05 Å². The van der Waals surface area contributed by atoms with E-state index in [4.69, 9.17) is 0 Å². The Balaban J connectivity index is 2.46. The van der Waals surface area contributed by atoms with Gasteiger partial charge in [-0.3, -0.25) is 9.36 Å². The number of aromatic nitrogens is 2. The second-order valence-electron chi connectivity index (χ2n) is 4.55. The van der Waals surface area contributed by atoms with E-state index >= 15 is 0 Å². The van der Waals surface area contributed by atoms with Crippen molar-refractivity contribution in [1.29, 1.82) is 0 Å². The van der Waals surface area contributed by atoms with E-state index < -0.39 is 0 Å². The van der Waals surface area contributed by atoms with Gasteiger partial charge in [0.25, 0.3) is 5.56 Å². The van der Waals surface area contributed by atoms with E-state index in [1.807, 2.05) is 32.0 Å². The molecule has 1 aromatic carbocycles. The summed E-state index contributed by atoms with van der Waals surface area (Å²) in [4.78, 5) is 23.6. The highest BCUT2D eigenvalue weighted by atomic mass is 16.2. The third-order valence-corrected chi connectivity index (χ3v) is 3.15. The Bertz CT molecular complexity index is 696. The molecule has 0 unspecified atom stereocenters. The van der Waals surface area contributed by atoms with Gasteiger partial charge in [-0.2, -0.15) is 0 Å². The SMILES string of the molecule is Cc1ccc(Cn2c(=O)ccn(C)c2=O)cc1C. The van der Waals surface area contributed by atoms with E-state index in [0.717, 1.165) is 11.1 Å². The predicted octanol–water partition coefficient (Wildman–Crippen LogP) is 1.21. The van der Waals surface area contributed by atoms with Gasteiger partial charge in [-0.05, 0) is 30.5 Å². The Labute approximate surface area is 105 Å². The lowest BCUT2D eigenvalue weighted by Crippen LogP contribution is -2.38. The van der Waals surface area contributed by atoms with Gasteiger partial charge >= 0.3 is 5.69 Å². The maximum absolute atomic E-state index is 11.9. The monoisotopic (exact) mass is 244 g/mol. The minimum atomic E-state index is -0.291. The molecule has 0 amide bonds. The van der Waals surface area contributed by atoms with Crippen molar-refractivity contribution in [2.75, 3.05) is 0 Å². The molecular weight excluding hydrogens is 228 g/mol. The molecule has 2 aromatic rings. The van der Waals surface area contributed by atoms with E-state index in [1.165, 1.54) is 27.0 Å². The Morgan fingerprint density at radius 1 is 1.06 bits per heavy atom. The highest BCUT2D eigenvalue weighted by molar-refractivity contribution is 5.30. The molecule has 0 aliphatic carbocycles. The number of benzene rings is 1. The van der Waals surface area contributed by atoms with Gasteiger partial charge in [-0.1, -0.05) is 18.2 Å². The molecule has 0 aliphatic rings. The standard InChI is InChI=1S/C14H16N2O2/c1-10-4-5-12(8-11(10)2)9-16-13(17)6-7-15(3)14(16)18/h4-8H,9H2,1-3H3. The first-order chi connectivity index (χ1) is 8.49. The smallest absolute Gasteiger partial charge is 0.303 e. The van der Waals surface area contributed by atoms with E-state index in [2.05, 4.69) is 0 Å². The summed E-state index contributed by atoms with van der Waals surface area (Å²) in [5, 5.41) is 0. The van der Waals surface area contributed by atoms with Crippen molar-refractivity contribution in [3.05, 3.63) is 68.0 Å². The number of hydrogen-bond acceptors (Lipinski definition) is 2. The van der Waals surface area contributed by atoms with Crippen LogP contribution in [-0.4, -0.2) is 9.13 Å². The average molecular weight is 244 g/mol. The molecule has 0 N–H and O–H groups in total. The topological polar surface area (TPSA) is 44.0 Å². The quantitative estimate of drug-likeness (QED) is 0.797. The fraction of sp³-hybridized carbons (Fsp3) is 0.286. The zero-order valence-corrected chi connectivity index (χ0v) is 10.8. The highest BCUT2D eigenvalue weighted by Gasteiger charge is 2.04. The molecule has 0 fully saturated rings. The maximum Gasteiger partial charge on any atom is 0.331 e. The lowest BCUT2D eigenvalue weighted by Gasteiger charge is -2.08. The van der Waals surface area contributed by atoms with E-state index in [-0.39, 0.29) is 11.2 Å². The summed E-state index contributed by atoms with van der Waals surface area (Å²) in [6.07, 6.45) is 1.49. The molecular formula is C14H16N2O2. The normalized spacial score (nSPS) is 10.6. The van der Waals surface area contributed by atoms with Crippen LogP contribution in [0.4, 0.5) is 0 Å². The fourth-order valence-corrected chi connectivity index (χ4v) is 1.84. The third-order valence-electron chi connectivity index (χ3n) is 3.15. The largest absolute Gasteiger partial charge is 0.331 e. The van der Waals surface area contributed by atoms with Crippen molar-refractivity contribution >= 4 is 0 Å². The van der Waals surface area contributed by atoms with Gasteiger partial charge in [-0.25, -0.2) is 4.79 Å². The van der Waals surface area contributed by atoms with Crippen LogP contribution in [0.3, 0.4) is 0 Å². The molecule has 0 saturated heterocycles. The first kappa shape index (κ1) is 12.4. The van der Waals surface area contributed by atoms with Crippen molar-refractivity contribution in [3.8, 4) is 0 Å². The molecule has 18 heavy (non-hydrogen) atoms. The van der Waals surface area contributed by atoms with Crippen LogP contribution in [0.1, 0.15) is 16.7 Å². The van der Waals surface area contributed by atoms with Crippen molar-refractivity contribution in [3.63, 3.8) is 0 Å². The van der Waals surface area contributed by atoms with Crippen LogP contribution in [0.25, 0.3) is 0 Å². The fourth-order valence-electron chi connectivity index (χ4n) is 1.84. The molecule has 0 atom stereocenters. The van der Waals surface area contributed by atoms with Crippen LogP contribution in [0.5, 0.6) is 0 Å². The number of hydrogen-bond donors (Lipinski definition) is 0. The molecule has 1 heterocycles. The minimum absolute atomic E-state index is 0.267. The van der Waals surface area contributed by atoms with Crippen LogP contribution < -0.4 is 11.2 Å². The molecule has 0 radical (unpaired) electrons. The molecule has 4 nitrogen and oxygen atoms in total. The lowest BCUT2D eigenvalue weighted by molar-refractivity contribution is 0.639. The van der Waals surface area contributed by atoms with Gasteiger partial charge in [0.1, 0.15) is 0 Å². The number of rotatable bonds is 2. The molecule has 2 rings (SSSR count). The predicted molar refractivity (Wildman–Crippen MR) is 71.0 cm³/mol. The molecule has 0 saturated carbocycles. The van der Waals surface area contributed by atoms with Gasteiger partial charge in [0.15, 0.2) is 0 Å². The first-order valence-corrected chi connectivity index (χ1v) is 5.81. The Kier molecular flexibility index (Phi) is 3.19. The van der Waals surface area contributed by atoms with Crippen molar-refractivity contribution in [1.82, 2.24) is 9.13 Å². The summed E-state index contributed by atoms with van der Waals surface area (Å²) < 4.78 is 2.65. The second kappa shape index (κ2) is 4.64. The first-order valence-electron chi connectivity index (χ1n) is 5.81. The molecule has 0 aliphatic heterocycles. The van der Waals surface area contributed by atoms with Crippen LogP contribution in [0, 0.1) is 13.8 Å². The van der Waals surface area contributed by atoms with Gasteiger partial charge in [0.05, 0.1) is 6.54 Å². The molecule has 94 valence electrons. The Hall–Kier alpha value is -2.10. The van der Waals surface area contributed by atoms with Crippen molar-refractivity contribution in [2.24, 2.45) is 7.05 Å². The van der Waals surface area contributed by atoms with Crippen LogP contribution in [0.2, 0.25) is 0 Å². The summed E-state index contributed by atoms with van der Waals surface area (Å²) in [7, 11) is 1.64. The van der Waals surface area contributed by atoms with Gasteiger partial charge in [-0.15, -0.1) is 0 Å². The summed E-state index contributed by atoms with van der Waals surface area (Å²) >= 11 is 0. The van der Waals surface area contributed by atoms with Gasteiger partial charge < -0.3 is 4.57 Å². The van der Waals surface area contributed by atoms with Crippen LogP contribution >= 0.6 is 0 Å². The van der Waals surface area contributed by atoms with E-state index in [0.29, 0.717) is 6.54 Å². The molecule has 4 heteroatoms. The summed E-state index contributed by atoms with van der Waals surface area (Å²) in [6.45, 7) is 4.37. The summed E-state index contributed by atoms with van der Waals surface area (Å²) in [5.41, 5.74) is 2.76. The zero-order chi connectivity index (χ0) is 13.3. The van der Waals surface area contributed by atoms with Gasteiger partial charge in [0, 0.05) is 19.3 Å². The molecule has 0 spiro atoms. The van der Waals surface area contributed by atoms with Crippen molar-refractivity contribution in [2.45, 2.75) is 20.4 Å². The zero-order valence-electron chi connectivity index (χ0n) is 10.8. The van der Waals surface area contributed by atoms with Crippen molar-refractivity contribution < 1.29 is 0 Å². The number of nitrogens with zero attached hydrogens (tertiary/aromatic N) is 2. The summed E-state index contributed by atoms with van der Waals surface area (Å²) in [5.74, 6) is 0. The Morgan fingerprint density at radius 3 is 2.44 bits per heavy atom. The van der Waals surface area contributed by atoms with Gasteiger partial charge in [0.2, 0.25) is 0 Å².